The van der Waals surface area contributed by atoms with E-state index in [9.17, 15) is 14.7 Å². The van der Waals surface area contributed by atoms with E-state index in [2.05, 4.69) is 9.72 Å². The van der Waals surface area contributed by atoms with Gasteiger partial charge in [-0.05, 0) is 12.1 Å². The molecular formula is C10H7NO4. The fraction of sp³-hybridized carbons (Fsp3) is 0. The van der Waals surface area contributed by atoms with Gasteiger partial charge in [0.15, 0.2) is 5.43 Å². The number of rotatable bonds is 2. The minimum Gasteiger partial charge on any atom is -0.506 e. The van der Waals surface area contributed by atoms with Crippen LogP contribution in [0.1, 0.15) is 0 Å². The predicted octanol–water partition coefficient (Wildman–Crippen LogP) is 0.769. The van der Waals surface area contributed by atoms with Gasteiger partial charge >= 0.3 is 0 Å². The van der Waals surface area contributed by atoms with Crippen LogP contribution in [-0.4, -0.2) is 16.6 Å². The molecule has 2 rings (SSSR count). The van der Waals surface area contributed by atoms with E-state index in [0.29, 0.717) is 5.39 Å². The molecule has 0 spiro atoms. The molecule has 0 saturated carbocycles. The second kappa shape index (κ2) is 3.45. The van der Waals surface area contributed by atoms with Crippen LogP contribution in [-0.2, 0) is 4.79 Å². The van der Waals surface area contributed by atoms with Crippen molar-refractivity contribution < 1.29 is 14.6 Å². The molecule has 15 heavy (non-hydrogen) atoms. The van der Waals surface area contributed by atoms with Crippen LogP contribution < -0.4 is 10.2 Å². The molecule has 2 aromatic rings. The summed E-state index contributed by atoms with van der Waals surface area (Å²) in [5, 5.41) is 9.82. The molecule has 0 atom stereocenters. The number of ether oxygens (including phenoxy) is 1. The number of aromatic nitrogens is 1. The van der Waals surface area contributed by atoms with Crippen molar-refractivity contribution in [2.75, 3.05) is 0 Å². The van der Waals surface area contributed by atoms with Crippen molar-refractivity contribution in [2.24, 2.45) is 0 Å². The highest BCUT2D eigenvalue weighted by molar-refractivity contribution is 5.84. The summed E-state index contributed by atoms with van der Waals surface area (Å²) in [7, 11) is 0. The molecule has 0 unspecified atom stereocenters. The molecule has 1 aromatic heterocycles. The first-order valence-electron chi connectivity index (χ1n) is 4.17. The van der Waals surface area contributed by atoms with Crippen LogP contribution in [0.2, 0.25) is 0 Å². The van der Waals surface area contributed by atoms with Crippen LogP contribution in [0, 0.1) is 0 Å². The molecular weight excluding hydrogens is 198 g/mol. The van der Waals surface area contributed by atoms with Gasteiger partial charge in [0.2, 0.25) is 5.88 Å². The Labute approximate surface area is 83.9 Å². The highest BCUT2D eigenvalue weighted by Crippen LogP contribution is 2.21. The Morgan fingerprint density at radius 2 is 2.20 bits per heavy atom. The predicted molar refractivity (Wildman–Crippen MR) is 52.9 cm³/mol. The number of nitrogens with one attached hydrogen (secondary N) is 1. The molecule has 0 radical (unpaired) electrons. The number of H-pyrrole nitrogens is 1. The third-order valence-electron chi connectivity index (χ3n) is 1.99. The lowest BCUT2D eigenvalue weighted by molar-refractivity contribution is -0.120. The van der Waals surface area contributed by atoms with Crippen LogP contribution in [0.4, 0.5) is 0 Å². The van der Waals surface area contributed by atoms with Gasteiger partial charge in [-0.1, -0.05) is 6.07 Å². The first kappa shape index (κ1) is 9.26. The van der Waals surface area contributed by atoms with Crippen molar-refractivity contribution in [3.05, 3.63) is 34.5 Å². The summed E-state index contributed by atoms with van der Waals surface area (Å²) in [6.07, 6.45) is 0. The molecule has 0 aliphatic rings. The number of aromatic amines is 1. The summed E-state index contributed by atoms with van der Waals surface area (Å²) in [6.45, 7) is 0.205. The fourth-order valence-electron chi connectivity index (χ4n) is 1.35. The highest BCUT2D eigenvalue weighted by atomic mass is 16.5. The molecule has 5 heteroatoms. The minimum atomic E-state index is -0.323. The Balaban J connectivity index is 2.79. The zero-order chi connectivity index (χ0) is 10.8. The number of aromatic hydroxyl groups is 1. The average molecular weight is 205 g/mol. The minimum absolute atomic E-state index is 0.00370. The lowest BCUT2D eigenvalue weighted by Crippen LogP contribution is -2.04. The molecule has 2 N–H and O–H groups in total. The lowest BCUT2D eigenvalue weighted by atomic mass is 10.2. The quantitative estimate of drug-likeness (QED) is 0.709. The second-order valence-corrected chi connectivity index (χ2v) is 2.91. The summed E-state index contributed by atoms with van der Waals surface area (Å²) >= 11 is 0. The van der Waals surface area contributed by atoms with Crippen molar-refractivity contribution in [1.82, 2.24) is 4.98 Å². The van der Waals surface area contributed by atoms with Gasteiger partial charge in [0.1, 0.15) is 5.75 Å². The second-order valence-electron chi connectivity index (χ2n) is 2.91. The van der Waals surface area contributed by atoms with Gasteiger partial charge in [-0.2, -0.15) is 0 Å². The number of hydrogen-bond acceptors (Lipinski definition) is 4. The smallest absolute Gasteiger partial charge is 0.299 e. The number of carbonyl (C=O) groups is 1. The van der Waals surface area contributed by atoms with Crippen LogP contribution in [0.25, 0.3) is 10.9 Å². The van der Waals surface area contributed by atoms with E-state index in [4.69, 9.17) is 0 Å². The van der Waals surface area contributed by atoms with Crippen LogP contribution >= 0.6 is 0 Å². The van der Waals surface area contributed by atoms with E-state index in [1.807, 2.05) is 0 Å². The average Bonchev–Trinajstić information content (AvgIpc) is 2.20. The number of para-hydroxylation sites is 1. The third kappa shape index (κ3) is 1.54. The Hall–Kier alpha value is -2.30. The lowest BCUT2D eigenvalue weighted by Gasteiger charge is -2.02. The molecule has 0 saturated heterocycles. The van der Waals surface area contributed by atoms with Crippen LogP contribution in [0.3, 0.4) is 0 Å². The Kier molecular flexibility index (Phi) is 2.13. The highest BCUT2D eigenvalue weighted by Gasteiger charge is 2.05. The summed E-state index contributed by atoms with van der Waals surface area (Å²) in [5.74, 6) is -0.0649. The Bertz CT molecular complexity index is 573. The molecule has 0 bridgehead atoms. The van der Waals surface area contributed by atoms with Crippen LogP contribution in [0.15, 0.2) is 29.1 Å². The van der Waals surface area contributed by atoms with Crippen molar-refractivity contribution in [2.45, 2.75) is 0 Å². The van der Waals surface area contributed by atoms with Crippen molar-refractivity contribution >= 4 is 17.4 Å². The molecule has 0 aliphatic heterocycles. The zero-order valence-electron chi connectivity index (χ0n) is 7.56. The summed E-state index contributed by atoms with van der Waals surface area (Å²) < 4.78 is 4.50. The van der Waals surface area contributed by atoms with E-state index in [1.54, 1.807) is 12.1 Å². The maximum Gasteiger partial charge on any atom is 0.299 e. The maximum atomic E-state index is 11.5. The fourth-order valence-corrected chi connectivity index (χ4v) is 1.35. The number of carbonyl (C=O) groups excluding carboxylic acids is 1. The number of benzene rings is 1. The summed E-state index contributed by atoms with van der Waals surface area (Å²) in [5.41, 5.74) is -0.0710. The van der Waals surface area contributed by atoms with Gasteiger partial charge < -0.3 is 14.8 Å². The van der Waals surface area contributed by atoms with Gasteiger partial charge in [-0.15, -0.1) is 0 Å². The number of hydrogen-bond donors (Lipinski definition) is 2. The van der Waals surface area contributed by atoms with Gasteiger partial charge in [-0.25, -0.2) is 0 Å². The Morgan fingerprint density at radius 3 is 2.93 bits per heavy atom. The first-order valence-corrected chi connectivity index (χ1v) is 4.17. The van der Waals surface area contributed by atoms with Crippen LogP contribution in [0.5, 0.6) is 11.6 Å². The number of pyridine rings is 1. The largest absolute Gasteiger partial charge is 0.506 e. The van der Waals surface area contributed by atoms with E-state index in [1.165, 1.54) is 6.07 Å². The first-order chi connectivity index (χ1) is 7.22. The van der Waals surface area contributed by atoms with Gasteiger partial charge in [0, 0.05) is 11.5 Å². The molecule has 1 heterocycles. The third-order valence-corrected chi connectivity index (χ3v) is 1.99. The van der Waals surface area contributed by atoms with E-state index >= 15 is 0 Å². The molecule has 76 valence electrons. The monoisotopic (exact) mass is 205 g/mol. The standard InChI is InChI=1S/C10H7NO4/c12-5-15-9-4-8(14)6-2-1-3-7(13)10(6)11-9/h1-5,13H,(H,11,14). The number of phenolic OH excluding ortho intramolecular Hbond substituents is 1. The van der Waals surface area contributed by atoms with Gasteiger partial charge in [0.25, 0.3) is 6.47 Å². The van der Waals surface area contributed by atoms with Crippen molar-refractivity contribution in [1.29, 1.82) is 0 Å². The topological polar surface area (TPSA) is 79.4 Å². The summed E-state index contributed by atoms with van der Waals surface area (Å²) in [6, 6.07) is 5.71. The zero-order valence-corrected chi connectivity index (χ0v) is 7.56. The number of fused-ring (bicyclic) bond motifs is 1. The SMILES string of the molecule is O=COc1cc(=O)c2cccc(O)c2[nH]1. The summed E-state index contributed by atoms with van der Waals surface area (Å²) in [4.78, 5) is 24.2. The Morgan fingerprint density at radius 1 is 1.40 bits per heavy atom. The molecule has 0 amide bonds. The molecule has 0 fully saturated rings. The normalized spacial score (nSPS) is 10.1. The van der Waals surface area contributed by atoms with E-state index < -0.39 is 0 Å². The van der Waals surface area contributed by atoms with E-state index in [0.717, 1.165) is 6.07 Å². The van der Waals surface area contributed by atoms with Gasteiger partial charge in [0.05, 0.1) is 5.52 Å². The molecule has 0 aliphatic carbocycles. The molecule has 1 aromatic carbocycles. The van der Waals surface area contributed by atoms with Gasteiger partial charge in [-0.3, -0.25) is 9.59 Å². The van der Waals surface area contributed by atoms with E-state index in [-0.39, 0.29) is 29.0 Å². The van der Waals surface area contributed by atoms with Crippen molar-refractivity contribution in [3.8, 4) is 11.6 Å². The maximum absolute atomic E-state index is 11.5. The number of phenols is 1. The molecule has 5 nitrogen and oxygen atoms in total. The van der Waals surface area contributed by atoms with Crippen molar-refractivity contribution in [3.63, 3.8) is 0 Å².